The van der Waals surface area contributed by atoms with Crippen LogP contribution >= 0.6 is 0 Å². The molecule has 4 nitrogen and oxygen atoms in total. The number of benzene rings is 2. The van der Waals surface area contributed by atoms with Crippen LogP contribution in [0.3, 0.4) is 0 Å². The molecule has 0 aromatic heterocycles. The molecule has 6 heteroatoms. The molecule has 2 N–H and O–H groups in total. The van der Waals surface area contributed by atoms with Crippen molar-refractivity contribution in [3.05, 3.63) is 65.7 Å². The topological polar surface area (TPSA) is 55.6 Å². The third-order valence-electron chi connectivity index (χ3n) is 4.24. The zero-order chi connectivity index (χ0) is 17.8. The molecule has 0 bridgehead atoms. The number of piperidine rings is 1. The third kappa shape index (κ3) is 4.14. The summed E-state index contributed by atoms with van der Waals surface area (Å²) in [4.78, 5) is 14.7. The van der Waals surface area contributed by atoms with Crippen molar-refractivity contribution in [2.45, 2.75) is 25.0 Å². The summed E-state index contributed by atoms with van der Waals surface area (Å²) < 4.78 is 32.4. The lowest BCUT2D eigenvalue weighted by Crippen LogP contribution is -2.48. The van der Waals surface area contributed by atoms with Crippen LogP contribution < -0.4 is 10.5 Å². The lowest BCUT2D eigenvalue weighted by molar-refractivity contribution is -0.140. The maximum absolute atomic E-state index is 13.5. The second-order valence-corrected chi connectivity index (χ2v) is 6.17. The number of carbonyl (C=O) groups excluding carboxylic acids is 1. The minimum atomic E-state index is -1.02. The summed E-state index contributed by atoms with van der Waals surface area (Å²) in [6, 6.07) is 12.1. The van der Waals surface area contributed by atoms with Gasteiger partial charge in [0.1, 0.15) is 5.75 Å². The van der Waals surface area contributed by atoms with Crippen molar-refractivity contribution in [3.8, 4) is 5.75 Å². The molecule has 1 amide bonds. The maximum atomic E-state index is 13.5. The fourth-order valence-electron chi connectivity index (χ4n) is 2.95. The van der Waals surface area contributed by atoms with E-state index in [1.165, 1.54) is 6.07 Å². The highest BCUT2D eigenvalue weighted by atomic mass is 19.2. The Morgan fingerprint density at radius 3 is 2.60 bits per heavy atom. The highest BCUT2D eigenvalue weighted by Crippen LogP contribution is 2.26. The van der Waals surface area contributed by atoms with E-state index >= 15 is 0 Å². The van der Waals surface area contributed by atoms with Crippen LogP contribution in [0.5, 0.6) is 5.75 Å². The van der Waals surface area contributed by atoms with E-state index in [2.05, 4.69) is 0 Å². The molecule has 25 heavy (non-hydrogen) atoms. The Morgan fingerprint density at radius 2 is 1.92 bits per heavy atom. The van der Waals surface area contributed by atoms with E-state index in [-0.39, 0.29) is 17.7 Å². The van der Waals surface area contributed by atoms with Gasteiger partial charge in [-0.15, -0.1) is 0 Å². The fraction of sp³-hybridized carbons (Fsp3) is 0.316. The summed E-state index contributed by atoms with van der Waals surface area (Å²) >= 11 is 0. The molecule has 0 aliphatic carbocycles. The van der Waals surface area contributed by atoms with Gasteiger partial charge in [-0.05, 0) is 25.0 Å². The lowest BCUT2D eigenvalue weighted by Gasteiger charge is -2.33. The molecule has 0 saturated carbocycles. The van der Waals surface area contributed by atoms with Gasteiger partial charge in [0.15, 0.2) is 11.6 Å². The average molecular weight is 346 g/mol. The van der Waals surface area contributed by atoms with Crippen molar-refractivity contribution in [2.24, 2.45) is 5.73 Å². The molecular formula is C19H20F2N2O2. The van der Waals surface area contributed by atoms with Crippen LogP contribution in [-0.4, -0.2) is 29.9 Å². The second kappa shape index (κ2) is 7.61. The predicted molar refractivity (Wildman–Crippen MR) is 90.0 cm³/mol. The number of likely N-dealkylation sites (tertiary alicyclic amines) is 1. The van der Waals surface area contributed by atoms with Crippen LogP contribution in [0.4, 0.5) is 8.78 Å². The van der Waals surface area contributed by atoms with E-state index in [4.69, 9.17) is 10.5 Å². The standard InChI is InChI=1S/C19H20F2N2O2/c20-16-9-8-15(11-17(16)21)25-18(13-5-2-1-3-6-13)19(24)23-10-4-7-14(22)12-23/h1-3,5-6,8-9,11,14,18H,4,7,10,12,22H2. The Kier molecular flexibility index (Phi) is 5.28. The molecule has 132 valence electrons. The molecule has 0 spiro atoms. The first-order chi connectivity index (χ1) is 12.0. The third-order valence-corrected chi connectivity index (χ3v) is 4.24. The van der Waals surface area contributed by atoms with Crippen molar-refractivity contribution in [3.63, 3.8) is 0 Å². The monoisotopic (exact) mass is 346 g/mol. The van der Waals surface area contributed by atoms with Gasteiger partial charge in [-0.2, -0.15) is 0 Å². The molecule has 1 fully saturated rings. The molecule has 0 radical (unpaired) electrons. The first-order valence-corrected chi connectivity index (χ1v) is 8.25. The van der Waals surface area contributed by atoms with E-state index in [1.54, 1.807) is 29.2 Å². The van der Waals surface area contributed by atoms with E-state index in [9.17, 15) is 13.6 Å². The van der Waals surface area contributed by atoms with Crippen molar-refractivity contribution in [2.75, 3.05) is 13.1 Å². The highest BCUT2D eigenvalue weighted by molar-refractivity contribution is 5.83. The highest BCUT2D eigenvalue weighted by Gasteiger charge is 2.30. The minimum Gasteiger partial charge on any atom is -0.476 e. The largest absolute Gasteiger partial charge is 0.476 e. The predicted octanol–water partition coefficient (Wildman–Crippen LogP) is 3.03. The molecule has 1 saturated heterocycles. The quantitative estimate of drug-likeness (QED) is 0.926. The first-order valence-electron chi connectivity index (χ1n) is 8.25. The average Bonchev–Trinajstić information content (AvgIpc) is 2.63. The van der Waals surface area contributed by atoms with E-state index in [1.807, 2.05) is 6.07 Å². The number of halogens is 2. The SMILES string of the molecule is NC1CCCN(C(=O)C(Oc2ccc(F)c(F)c2)c2ccccc2)C1. The maximum Gasteiger partial charge on any atom is 0.268 e. The smallest absolute Gasteiger partial charge is 0.268 e. The normalized spacial score (nSPS) is 18.7. The van der Waals surface area contributed by atoms with E-state index in [0.717, 1.165) is 25.0 Å². The van der Waals surface area contributed by atoms with Gasteiger partial charge in [-0.25, -0.2) is 8.78 Å². The summed E-state index contributed by atoms with van der Waals surface area (Å²) in [5, 5.41) is 0. The van der Waals surface area contributed by atoms with Gasteiger partial charge in [0.05, 0.1) is 0 Å². The number of nitrogens with two attached hydrogens (primary N) is 1. The molecular weight excluding hydrogens is 326 g/mol. The van der Waals surface area contributed by atoms with Gasteiger partial charge >= 0.3 is 0 Å². The van der Waals surface area contributed by atoms with Gasteiger partial charge in [0, 0.05) is 30.8 Å². The number of rotatable bonds is 4. The molecule has 1 aliphatic rings. The molecule has 1 aliphatic heterocycles. The Hall–Kier alpha value is -2.47. The van der Waals surface area contributed by atoms with Gasteiger partial charge < -0.3 is 15.4 Å². The number of nitrogens with zero attached hydrogens (tertiary/aromatic N) is 1. The summed E-state index contributed by atoms with van der Waals surface area (Å²) in [7, 11) is 0. The zero-order valence-electron chi connectivity index (χ0n) is 13.7. The van der Waals surface area contributed by atoms with Gasteiger partial charge in [-0.3, -0.25) is 4.79 Å². The first kappa shape index (κ1) is 17.4. The summed E-state index contributed by atoms with van der Waals surface area (Å²) in [5.74, 6) is -2.11. The molecule has 1 heterocycles. The van der Waals surface area contributed by atoms with Crippen LogP contribution in [-0.2, 0) is 4.79 Å². The van der Waals surface area contributed by atoms with Crippen LogP contribution in [0.2, 0.25) is 0 Å². The van der Waals surface area contributed by atoms with Crippen LogP contribution in [0.25, 0.3) is 0 Å². The number of carbonyl (C=O) groups is 1. The fourth-order valence-corrected chi connectivity index (χ4v) is 2.95. The number of hydrogen-bond acceptors (Lipinski definition) is 3. The van der Waals surface area contributed by atoms with Crippen molar-refractivity contribution in [1.29, 1.82) is 0 Å². The van der Waals surface area contributed by atoms with Gasteiger partial charge in [0.25, 0.3) is 5.91 Å². The van der Waals surface area contributed by atoms with Crippen LogP contribution in [0.15, 0.2) is 48.5 Å². The second-order valence-electron chi connectivity index (χ2n) is 6.17. The molecule has 2 aromatic carbocycles. The zero-order valence-corrected chi connectivity index (χ0v) is 13.7. The molecule has 3 rings (SSSR count). The molecule has 2 atom stereocenters. The summed E-state index contributed by atoms with van der Waals surface area (Å²) in [5.41, 5.74) is 6.61. The lowest BCUT2D eigenvalue weighted by atomic mass is 10.0. The number of hydrogen-bond donors (Lipinski definition) is 1. The van der Waals surface area contributed by atoms with Crippen LogP contribution in [0, 0.1) is 11.6 Å². The Balaban J connectivity index is 1.87. The molecule has 2 aromatic rings. The summed E-state index contributed by atoms with van der Waals surface area (Å²) in [6.07, 6.45) is 0.778. The van der Waals surface area contributed by atoms with E-state index < -0.39 is 17.7 Å². The van der Waals surface area contributed by atoms with Crippen molar-refractivity contribution < 1.29 is 18.3 Å². The number of amides is 1. The Bertz CT molecular complexity index is 739. The van der Waals surface area contributed by atoms with Crippen LogP contribution in [0.1, 0.15) is 24.5 Å². The van der Waals surface area contributed by atoms with E-state index in [0.29, 0.717) is 18.7 Å². The Labute approximate surface area is 145 Å². The van der Waals surface area contributed by atoms with Gasteiger partial charge in [0.2, 0.25) is 6.10 Å². The summed E-state index contributed by atoms with van der Waals surface area (Å²) in [6.45, 7) is 1.07. The van der Waals surface area contributed by atoms with Gasteiger partial charge in [-0.1, -0.05) is 30.3 Å². The van der Waals surface area contributed by atoms with Crippen molar-refractivity contribution >= 4 is 5.91 Å². The minimum absolute atomic E-state index is 0.0580. The number of ether oxygens (including phenoxy) is 1. The Morgan fingerprint density at radius 1 is 1.16 bits per heavy atom. The van der Waals surface area contributed by atoms with Crippen molar-refractivity contribution in [1.82, 2.24) is 4.90 Å². The molecule has 2 unspecified atom stereocenters.